The summed E-state index contributed by atoms with van der Waals surface area (Å²) in [6, 6.07) is 8.85. The lowest BCUT2D eigenvalue weighted by atomic mass is 10.1. The van der Waals surface area contributed by atoms with Crippen molar-refractivity contribution in [3.05, 3.63) is 46.2 Å². The van der Waals surface area contributed by atoms with Gasteiger partial charge >= 0.3 is 0 Å². The van der Waals surface area contributed by atoms with Crippen LogP contribution in [-0.2, 0) is 10.3 Å². The predicted molar refractivity (Wildman–Crippen MR) is 107 cm³/mol. The van der Waals surface area contributed by atoms with E-state index in [1.54, 1.807) is 18.2 Å². The molecule has 2 amide bonds. The summed E-state index contributed by atoms with van der Waals surface area (Å²) in [5.74, 6) is -0.167. The standard InChI is InChI=1S/C19H25BrN4O3/c1-12(2)16-10-15(23-24(16)19(3,4)5)18(26)22-21-17(25)11-27-14-8-6-13(20)7-9-14/h6-10,12H,11H2,1-5H3,(H,21,25)(H,22,26). The van der Waals surface area contributed by atoms with Crippen molar-refractivity contribution in [3.63, 3.8) is 0 Å². The molecule has 0 aliphatic carbocycles. The highest BCUT2D eigenvalue weighted by Gasteiger charge is 2.23. The average Bonchev–Trinajstić information content (AvgIpc) is 3.05. The highest BCUT2D eigenvalue weighted by Crippen LogP contribution is 2.23. The molecule has 1 aromatic carbocycles. The minimum absolute atomic E-state index is 0.213. The number of nitrogens with one attached hydrogen (secondary N) is 2. The van der Waals surface area contributed by atoms with E-state index in [2.05, 4.69) is 31.9 Å². The predicted octanol–water partition coefficient (Wildman–Crippen LogP) is 3.36. The first kappa shape index (κ1) is 21.0. The highest BCUT2D eigenvalue weighted by atomic mass is 79.9. The van der Waals surface area contributed by atoms with Crippen LogP contribution in [0, 0.1) is 0 Å². The van der Waals surface area contributed by atoms with Crippen LogP contribution < -0.4 is 15.6 Å². The summed E-state index contributed by atoms with van der Waals surface area (Å²) in [6.45, 7) is 9.94. The Bertz CT molecular complexity index is 807. The van der Waals surface area contributed by atoms with E-state index in [0.29, 0.717) is 5.75 Å². The summed E-state index contributed by atoms with van der Waals surface area (Å²) < 4.78 is 8.11. The van der Waals surface area contributed by atoms with E-state index in [1.807, 2.05) is 51.4 Å². The summed E-state index contributed by atoms with van der Waals surface area (Å²) in [6.07, 6.45) is 0. The number of hydrogen-bond donors (Lipinski definition) is 2. The maximum Gasteiger partial charge on any atom is 0.290 e. The number of ether oxygens (including phenoxy) is 1. The molecule has 146 valence electrons. The van der Waals surface area contributed by atoms with Crippen LogP contribution in [0.25, 0.3) is 0 Å². The molecule has 0 aliphatic rings. The minimum Gasteiger partial charge on any atom is -0.484 e. The van der Waals surface area contributed by atoms with Gasteiger partial charge in [0.05, 0.1) is 5.54 Å². The fourth-order valence-corrected chi connectivity index (χ4v) is 2.63. The minimum atomic E-state index is -0.475. The Morgan fingerprint density at radius 2 is 1.81 bits per heavy atom. The molecular weight excluding hydrogens is 412 g/mol. The SMILES string of the molecule is CC(C)c1cc(C(=O)NNC(=O)COc2ccc(Br)cc2)nn1C(C)(C)C. The highest BCUT2D eigenvalue weighted by molar-refractivity contribution is 9.10. The monoisotopic (exact) mass is 436 g/mol. The summed E-state index contributed by atoms with van der Waals surface area (Å²) in [5, 5.41) is 4.40. The summed E-state index contributed by atoms with van der Waals surface area (Å²) in [4.78, 5) is 24.2. The second-order valence-electron chi connectivity index (χ2n) is 7.44. The lowest BCUT2D eigenvalue weighted by molar-refractivity contribution is -0.123. The molecule has 2 N–H and O–H groups in total. The molecule has 0 fully saturated rings. The van der Waals surface area contributed by atoms with Crippen molar-refractivity contribution in [3.8, 4) is 5.75 Å². The summed E-state index contributed by atoms with van der Waals surface area (Å²) in [5.41, 5.74) is 5.67. The van der Waals surface area contributed by atoms with E-state index in [9.17, 15) is 9.59 Å². The second-order valence-corrected chi connectivity index (χ2v) is 8.35. The van der Waals surface area contributed by atoms with Crippen molar-refractivity contribution < 1.29 is 14.3 Å². The number of aromatic nitrogens is 2. The van der Waals surface area contributed by atoms with Crippen LogP contribution in [-0.4, -0.2) is 28.2 Å². The third kappa shape index (κ3) is 5.82. The third-order valence-corrected chi connectivity index (χ3v) is 4.22. The van der Waals surface area contributed by atoms with Gasteiger partial charge in [0.15, 0.2) is 12.3 Å². The zero-order chi connectivity index (χ0) is 20.2. The number of carbonyl (C=O) groups excluding carboxylic acids is 2. The summed E-state index contributed by atoms with van der Waals surface area (Å²) in [7, 11) is 0. The quantitative estimate of drug-likeness (QED) is 0.703. The van der Waals surface area contributed by atoms with E-state index in [4.69, 9.17) is 4.74 Å². The molecule has 0 saturated carbocycles. The van der Waals surface area contributed by atoms with Crippen LogP contribution in [0.15, 0.2) is 34.8 Å². The van der Waals surface area contributed by atoms with E-state index in [-0.39, 0.29) is 23.8 Å². The molecule has 2 rings (SSSR count). The molecule has 0 atom stereocenters. The number of hydrogen-bond acceptors (Lipinski definition) is 4. The van der Waals surface area contributed by atoms with Gasteiger partial charge in [-0.3, -0.25) is 25.1 Å². The van der Waals surface area contributed by atoms with Crippen molar-refractivity contribution in [1.29, 1.82) is 0 Å². The van der Waals surface area contributed by atoms with E-state index in [1.165, 1.54) is 0 Å². The van der Waals surface area contributed by atoms with Gasteiger partial charge < -0.3 is 4.74 Å². The van der Waals surface area contributed by atoms with Crippen molar-refractivity contribution in [1.82, 2.24) is 20.6 Å². The van der Waals surface area contributed by atoms with Gasteiger partial charge in [0.2, 0.25) is 0 Å². The molecule has 8 heteroatoms. The second kappa shape index (κ2) is 8.56. The van der Waals surface area contributed by atoms with Crippen molar-refractivity contribution in [2.75, 3.05) is 6.61 Å². The largest absolute Gasteiger partial charge is 0.484 e. The molecule has 0 radical (unpaired) electrons. The van der Waals surface area contributed by atoms with Crippen molar-refractivity contribution in [2.45, 2.75) is 46.1 Å². The summed E-state index contributed by atoms with van der Waals surface area (Å²) >= 11 is 3.33. The Morgan fingerprint density at radius 1 is 1.19 bits per heavy atom. The molecule has 1 heterocycles. The van der Waals surface area contributed by atoms with Gasteiger partial charge in [-0.15, -0.1) is 0 Å². The molecule has 0 spiro atoms. The van der Waals surface area contributed by atoms with E-state index in [0.717, 1.165) is 10.2 Å². The Balaban J connectivity index is 1.93. The lowest BCUT2D eigenvalue weighted by Gasteiger charge is -2.23. The zero-order valence-corrected chi connectivity index (χ0v) is 17.8. The molecular formula is C19H25BrN4O3. The Kier molecular flexibility index (Phi) is 6.64. The fraction of sp³-hybridized carbons (Fsp3) is 0.421. The van der Waals surface area contributed by atoms with Crippen LogP contribution in [0.1, 0.15) is 56.7 Å². The normalized spacial score (nSPS) is 11.4. The Morgan fingerprint density at radius 3 is 2.33 bits per heavy atom. The van der Waals surface area contributed by atoms with Crippen molar-refractivity contribution >= 4 is 27.7 Å². The van der Waals surface area contributed by atoms with Gasteiger partial charge in [-0.25, -0.2) is 0 Å². The average molecular weight is 437 g/mol. The number of nitrogens with zero attached hydrogens (tertiary/aromatic N) is 2. The fourth-order valence-electron chi connectivity index (χ4n) is 2.36. The molecule has 7 nitrogen and oxygen atoms in total. The maximum atomic E-state index is 12.3. The lowest BCUT2D eigenvalue weighted by Crippen LogP contribution is -2.44. The molecule has 2 aromatic rings. The van der Waals surface area contributed by atoms with Gasteiger partial charge in [0, 0.05) is 10.2 Å². The topological polar surface area (TPSA) is 85.2 Å². The number of benzene rings is 1. The number of amides is 2. The smallest absolute Gasteiger partial charge is 0.290 e. The third-order valence-electron chi connectivity index (χ3n) is 3.70. The van der Waals surface area contributed by atoms with E-state index >= 15 is 0 Å². The molecule has 0 aliphatic heterocycles. The first-order valence-corrected chi connectivity index (χ1v) is 9.45. The van der Waals surface area contributed by atoms with Gasteiger partial charge in [0.1, 0.15) is 5.75 Å². The number of rotatable bonds is 5. The molecule has 0 saturated heterocycles. The van der Waals surface area contributed by atoms with Crippen LogP contribution in [0.5, 0.6) is 5.75 Å². The maximum absolute atomic E-state index is 12.3. The molecule has 1 aromatic heterocycles. The molecule has 0 unspecified atom stereocenters. The van der Waals surface area contributed by atoms with Gasteiger partial charge in [-0.1, -0.05) is 29.8 Å². The first-order chi connectivity index (χ1) is 12.6. The number of halogens is 1. The van der Waals surface area contributed by atoms with Crippen molar-refractivity contribution in [2.24, 2.45) is 0 Å². The van der Waals surface area contributed by atoms with Gasteiger partial charge in [0.25, 0.3) is 11.8 Å². The van der Waals surface area contributed by atoms with Crippen LogP contribution >= 0.6 is 15.9 Å². The van der Waals surface area contributed by atoms with Gasteiger partial charge in [-0.05, 0) is 57.0 Å². The van der Waals surface area contributed by atoms with Crippen LogP contribution in [0.4, 0.5) is 0 Å². The first-order valence-electron chi connectivity index (χ1n) is 8.66. The Hall–Kier alpha value is -2.35. The molecule has 27 heavy (non-hydrogen) atoms. The van der Waals surface area contributed by atoms with Gasteiger partial charge in [-0.2, -0.15) is 5.10 Å². The van der Waals surface area contributed by atoms with Crippen LogP contribution in [0.2, 0.25) is 0 Å². The number of carbonyl (C=O) groups is 2. The zero-order valence-electron chi connectivity index (χ0n) is 16.2. The molecule has 0 bridgehead atoms. The van der Waals surface area contributed by atoms with Crippen LogP contribution in [0.3, 0.4) is 0 Å². The Labute approximate surface area is 167 Å². The number of hydrazine groups is 1. The van der Waals surface area contributed by atoms with E-state index < -0.39 is 11.8 Å².